The summed E-state index contributed by atoms with van der Waals surface area (Å²) in [5.41, 5.74) is 1.62. The van der Waals surface area contributed by atoms with E-state index in [4.69, 9.17) is 21.0 Å². The van der Waals surface area contributed by atoms with Crippen LogP contribution in [0.5, 0.6) is 0 Å². The molecule has 4 aromatic rings. The molecular formula is C21H23Cl3N4O. The molecule has 2 heterocycles. The summed E-state index contributed by atoms with van der Waals surface area (Å²) in [7, 11) is 4.14. The van der Waals surface area contributed by atoms with Crippen LogP contribution in [0, 0.1) is 0 Å². The van der Waals surface area contributed by atoms with Crippen LogP contribution in [0.15, 0.2) is 52.9 Å². The predicted octanol–water partition coefficient (Wildman–Crippen LogP) is 5.90. The van der Waals surface area contributed by atoms with Crippen molar-refractivity contribution in [1.82, 2.24) is 14.9 Å². The molecule has 2 aromatic carbocycles. The number of rotatable bonds is 6. The minimum absolute atomic E-state index is 0. The first-order valence-corrected chi connectivity index (χ1v) is 9.33. The van der Waals surface area contributed by atoms with Crippen LogP contribution < -0.4 is 5.32 Å². The second-order valence-electron chi connectivity index (χ2n) is 6.79. The van der Waals surface area contributed by atoms with Crippen molar-refractivity contribution in [2.45, 2.75) is 6.42 Å². The van der Waals surface area contributed by atoms with Gasteiger partial charge >= 0.3 is 0 Å². The number of para-hydroxylation sites is 1. The Morgan fingerprint density at radius 2 is 1.83 bits per heavy atom. The molecule has 0 bridgehead atoms. The van der Waals surface area contributed by atoms with Crippen LogP contribution in [0.25, 0.3) is 33.5 Å². The summed E-state index contributed by atoms with van der Waals surface area (Å²) in [6, 6.07) is 15.5. The maximum atomic E-state index is 6.19. The molecule has 0 saturated heterocycles. The van der Waals surface area contributed by atoms with Crippen molar-refractivity contribution in [2.24, 2.45) is 0 Å². The van der Waals surface area contributed by atoms with E-state index in [-0.39, 0.29) is 24.8 Å². The van der Waals surface area contributed by atoms with Gasteiger partial charge in [0.1, 0.15) is 11.4 Å². The summed E-state index contributed by atoms with van der Waals surface area (Å²) >= 11 is 6.19. The minimum Gasteiger partial charge on any atom is -0.453 e. The molecule has 4 rings (SSSR count). The van der Waals surface area contributed by atoms with Gasteiger partial charge < -0.3 is 14.6 Å². The number of fused-ring (bicyclic) bond motifs is 2. The summed E-state index contributed by atoms with van der Waals surface area (Å²) in [5, 5.41) is 6.07. The van der Waals surface area contributed by atoms with Crippen LogP contribution in [0.3, 0.4) is 0 Å². The molecular weight excluding hydrogens is 431 g/mol. The van der Waals surface area contributed by atoms with Crippen molar-refractivity contribution in [2.75, 3.05) is 32.5 Å². The smallest absolute Gasteiger partial charge is 0.198 e. The number of furan rings is 1. The van der Waals surface area contributed by atoms with Crippen molar-refractivity contribution in [1.29, 1.82) is 0 Å². The molecule has 154 valence electrons. The zero-order valence-electron chi connectivity index (χ0n) is 16.2. The van der Waals surface area contributed by atoms with Crippen molar-refractivity contribution in [3.05, 3.63) is 53.6 Å². The highest BCUT2D eigenvalue weighted by atomic mass is 35.5. The van der Waals surface area contributed by atoms with Crippen LogP contribution >= 0.6 is 36.4 Å². The fourth-order valence-electron chi connectivity index (χ4n) is 3.04. The van der Waals surface area contributed by atoms with E-state index < -0.39 is 0 Å². The number of nitrogens with zero attached hydrogens (tertiary/aromatic N) is 3. The molecule has 0 saturated carbocycles. The number of aromatic nitrogens is 2. The lowest BCUT2D eigenvalue weighted by molar-refractivity contribution is 0.405. The van der Waals surface area contributed by atoms with Gasteiger partial charge in [0, 0.05) is 22.3 Å². The Hall–Kier alpha value is -2.05. The fourth-order valence-corrected chi connectivity index (χ4v) is 3.21. The van der Waals surface area contributed by atoms with E-state index in [1.54, 1.807) is 0 Å². The van der Waals surface area contributed by atoms with E-state index in [0.717, 1.165) is 47.2 Å². The van der Waals surface area contributed by atoms with Crippen LogP contribution in [0.2, 0.25) is 5.02 Å². The van der Waals surface area contributed by atoms with Gasteiger partial charge in [-0.1, -0.05) is 29.8 Å². The Kier molecular flexibility index (Phi) is 8.11. The first kappa shape index (κ1) is 23.2. The lowest BCUT2D eigenvalue weighted by Gasteiger charge is -2.12. The highest BCUT2D eigenvalue weighted by Crippen LogP contribution is 2.30. The average molecular weight is 454 g/mol. The maximum Gasteiger partial charge on any atom is 0.198 e. The van der Waals surface area contributed by atoms with Gasteiger partial charge in [-0.25, -0.2) is 9.97 Å². The molecule has 0 aliphatic carbocycles. The third-order valence-electron chi connectivity index (χ3n) is 4.38. The molecule has 0 atom stereocenters. The Bertz CT molecular complexity index is 1060. The number of hydrogen-bond donors (Lipinski definition) is 1. The van der Waals surface area contributed by atoms with Gasteiger partial charge in [0.15, 0.2) is 11.6 Å². The summed E-state index contributed by atoms with van der Waals surface area (Å²) in [6.45, 7) is 1.84. The first-order chi connectivity index (χ1) is 13.1. The van der Waals surface area contributed by atoms with E-state index in [0.29, 0.717) is 16.6 Å². The van der Waals surface area contributed by atoms with Gasteiger partial charge in [-0.05, 0) is 57.4 Å². The second kappa shape index (κ2) is 10.1. The lowest BCUT2D eigenvalue weighted by Crippen LogP contribution is -2.16. The Labute approximate surface area is 187 Å². The number of nitrogens with one attached hydrogen (secondary N) is 1. The quantitative estimate of drug-likeness (QED) is 0.368. The molecule has 0 aliphatic heterocycles. The second-order valence-corrected chi connectivity index (χ2v) is 7.23. The van der Waals surface area contributed by atoms with Crippen LogP contribution in [0.4, 0.5) is 5.82 Å². The number of benzene rings is 2. The topological polar surface area (TPSA) is 54.2 Å². The Morgan fingerprint density at radius 3 is 2.59 bits per heavy atom. The number of halogens is 3. The third-order valence-corrected chi connectivity index (χ3v) is 4.61. The molecule has 0 unspecified atom stereocenters. The van der Waals surface area contributed by atoms with Crippen molar-refractivity contribution < 1.29 is 4.42 Å². The van der Waals surface area contributed by atoms with E-state index in [1.165, 1.54) is 0 Å². The Balaban J connectivity index is 0.00000150. The summed E-state index contributed by atoms with van der Waals surface area (Å²) < 4.78 is 5.95. The number of hydrogen-bond acceptors (Lipinski definition) is 5. The monoisotopic (exact) mass is 452 g/mol. The molecule has 2 aromatic heterocycles. The maximum absolute atomic E-state index is 6.19. The normalized spacial score (nSPS) is 10.8. The molecule has 0 radical (unpaired) electrons. The standard InChI is InChI=1S/C21H21ClN4O.2ClH/c1-26(2)11-5-10-23-20-16-9-8-15(22)13-17(16)24-21(25-20)19-12-14-6-3-4-7-18(14)27-19;;/h3-4,6-9,12-13H,5,10-11H2,1-2H3,(H,23,24,25);2*1H. The Morgan fingerprint density at radius 1 is 1.03 bits per heavy atom. The largest absolute Gasteiger partial charge is 0.453 e. The average Bonchev–Trinajstić information content (AvgIpc) is 3.08. The summed E-state index contributed by atoms with van der Waals surface area (Å²) in [6.07, 6.45) is 1.02. The lowest BCUT2D eigenvalue weighted by atomic mass is 10.2. The van der Waals surface area contributed by atoms with Crippen LogP contribution in [0.1, 0.15) is 6.42 Å². The zero-order valence-corrected chi connectivity index (χ0v) is 18.6. The fraction of sp³-hybridized carbons (Fsp3) is 0.238. The molecule has 0 fully saturated rings. The van der Waals surface area contributed by atoms with Gasteiger partial charge in [0.2, 0.25) is 0 Å². The molecule has 0 aliphatic rings. The van der Waals surface area contributed by atoms with Crippen molar-refractivity contribution in [3.63, 3.8) is 0 Å². The highest BCUT2D eigenvalue weighted by molar-refractivity contribution is 6.31. The van der Waals surface area contributed by atoms with Gasteiger partial charge in [-0.2, -0.15) is 0 Å². The number of anilines is 1. The van der Waals surface area contributed by atoms with Crippen molar-refractivity contribution >= 4 is 64.1 Å². The molecule has 29 heavy (non-hydrogen) atoms. The minimum atomic E-state index is 0. The molecule has 5 nitrogen and oxygen atoms in total. The van der Waals surface area contributed by atoms with Gasteiger partial charge in [-0.15, -0.1) is 24.8 Å². The van der Waals surface area contributed by atoms with E-state index >= 15 is 0 Å². The predicted molar refractivity (Wildman–Crippen MR) is 126 cm³/mol. The molecule has 0 amide bonds. The highest BCUT2D eigenvalue weighted by Gasteiger charge is 2.13. The van der Waals surface area contributed by atoms with Crippen LogP contribution in [-0.2, 0) is 0 Å². The molecule has 1 N–H and O–H groups in total. The summed E-state index contributed by atoms with van der Waals surface area (Å²) in [4.78, 5) is 11.6. The van der Waals surface area contributed by atoms with Gasteiger partial charge in [-0.3, -0.25) is 0 Å². The SMILES string of the molecule is CN(C)CCCNc1nc(-c2cc3ccccc3o2)nc2cc(Cl)ccc12.Cl.Cl. The van der Waals surface area contributed by atoms with Gasteiger partial charge in [0.05, 0.1) is 5.52 Å². The van der Waals surface area contributed by atoms with Gasteiger partial charge in [0.25, 0.3) is 0 Å². The summed E-state index contributed by atoms with van der Waals surface area (Å²) in [5.74, 6) is 2.00. The first-order valence-electron chi connectivity index (χ1n) is 8.95. The third kappa shape index (κ3) is 5.31. The molecule has 8 heteroatoms. The van der Waals surface area contributed by atoms with E-state index in [1.807, 2.05) is 48.5 Å². The van der Waals surface area contributed by atoms with Crippen molar-refractivity contribution in [3.8, 4) is 11.6 Å². The van der Waals surface area contributed by atoms with E-state index in [2.05, 4.69) is 29.3 Å². The molecule has 0 spiro atoms. The zero-order chi connectivity index (χ0) is 18.8. The van der Waals surface area contributed by atoms with Crippen LogP contribution in [-0.4, -0.2) is 42.1 Å². The van der Waals surface area contributed by atoms with E-state index in [9.17, 15) is 0 Å².